The Morgan fingerprint density at radius 2 is 1.92 bits per heavy atom. The van der Waals surface area contributed by atoms with E-state index in [1.54, 1.807) is 0 Å². The van der Waals surface area contributed by atoms with E-state index in [-0.39, 0.29) is 18.7 Å². The number of rotatable bonds is 7. The molecule has 0 spiro atoms. The molecule has 3 saturated heterocycles. The summed E-state index contributed by atoms with van der Waals surface area (Å²) in [5.41, 5.74) is 0.813. The second-order valence-electron chi connectivity index (χ2n) is 8.30. The third kappa shape index (κ3) is 2.96. The minimum Gasteiger partial charge on any atom is -0.461 e. The second-order valence-corrected chi connectivity index (χ2v) is 8.30. The van der Waals surface area contributed by atoms with Gasteiger partial charge in [0.05, 0.1) is 20.2 Å². The van der Waals surface area contributed by atoms with Gasteiger partial charge in [0.2, 0.25) is 0 Å². The first-order valence-corrected chi connectivity index (χ1v) is 9.95. The van der Waals surface area contributed by atoms with E-state index in [4.69, 9.17) is 9.47 Å². The Kier molecular flexibility index (Phi) is 4.80. The van der Waals surface area contributed by atoms with E-state index >= 15 is 0 Å². The number of nitrogens with zero attached hydrogens (tertiary/aromatic N) is 1. The fourth-order valence-electron chi connectivity index (χ4n) is 5.23. The minimum absolute atomic E-state index is 0.0560. The number of ether oxygens (including phenoxy) is 2. The quantitative estimate of drug-likeness (QED) is 0.460. The smallest absolute Gasteiger partial charge is 0.316 e. The van der Waals surface area contributed by atoms with Crippen molar-refractivity contribution in [2.75, 3.05) is 20.2 Å². The lowest BCUT2D eigenvalue weighted by molar-refractivity contribution is -0.956. The third-order valence-corrected chi connectivity index (χ3v) is 6.79. The lowest BCUT2D eigenvalue weighted by atomic mass is 9.94. The van der Waals surface area contributed by atoms with E-state index in [2.05, 4.69) is 14.0 Å². The summed E-state index contributed by atoms with van der Waals surface area (Å²) >= 11 is 0. The Balaban J connectivity index is 1.42. The number of likely N-dealkylation sites (N-methyl/N-ethyl adjacent to an activating group) is 1. The molecule has 3 aliphatic rings. The number of fused-ring (bicyclic) bond motifs is 5. The number of aliphatic hydroxyl groups excluding tert-OH is 1. The van der Waals surface area contributed by atoms with Crippen LogP contribution in [-0.2, 0) is 14.3 Å². The fraction of sp³-hybridized carbons (Fsp3) is 0.667. The van der Waals surface area contributed by atoms with Crippen molar-refractivity contribution < 1.29 is 23.9 Å². The average molecular weight is 360 g/mol. The van der Waals surface area contributed by atoms with Crippen LogP contribution in [0.15, 0.2) is 30.3 Å². The molecule has 3 heterocycles. The molecule has 142 valence electrons. The van der Waals surface area contributed by atoms with E-state index in [9.17, 15) is 9.90 Å². The summed E-state index contributed by atoms with van der Waals surface area (Å²) in [6.07, 6.45) is 4.83. The second kappa shape index (κ2) is 6.95. The highest BCUT2D eigenvalue weighted by Crippen LogP contribution is 2.52. The van der Waals surface area contributed by atoms with Gasteiger partial charge in [0.25, 0.3) is 0 Å². The van der Waals surface area contributed by atoms with Crippen molar-refractivity contribution in [2.45, 2.75) is 68.9 Å². The summed E-state index contributed by atoms with van der Waals surface area (Å²) in [4.78, 5) is 12.7. The van der Waals surface area contributed by atoms with E-state index in [0.717, 1.165) is 22.9 Å². The number of quaternary nitrogens is 1. The predicted octanol–water partition coefficient (Wildman–Crippen LogP) is 2.23. The number of hydrogen-bond acceptors (Lipinski definition) is 4. The molecule has 3 unspecified atom stereocenters. The number of esters is 1. The van der Waals surface area contributed by atoms with Crippen molar-refractivity contribution in [3.63, 3.8) is 0 Å². The van der Waals surface area contributed by atoms with Crippen LogP contribution >= 0.6 is 0 Å². The predicted molar refractivity (Wildman–Crippen MR) is 97.6 cm³/mol. The molecule has 0 amide bonds. The molecule has 0 radical (unpaired) electrons. The molecule has 0 aromatic heterocycles. The van der Waals surface area contributed by atoms with Crippen molar-refractivity contribution in [1.29, 1.82) is 0 Å². The lowest BCUT2D eigenvalue weighted by Crippen LogP contribution is -2.62. The van der Waals surface area contributed by atoms with Gasteiger partial charge in [-0.25, -0.2) is 0 Å². The van der Waals surface area contributed by atoms with Crippen LogP contribution in [0.1, 0.15) is 44.1 Å². The Bertz CT molecular complexity index is 631. The molecule has 26 heavy (non-hydrogen) atoms. The average Bonchev–Trinajstić information content (AvgIpc) is 3.40. The van der Waals surface area contributed by atoms with Gasteiger partial charge in [-0.1, -0.05) is 43.7 Å². The van der Waals surface area contributed by atoms with Crippen LogP contribution in [-0.4, -0.2) is 66.2 Å². The maximum absolute atomic E-state index is 12.7. The van der Waals surface area contributed by atoms with Crippen LogP contribution < -0.4 is 0 Å². The number of carbonyl (C=O) groups excluding carboxylic acids is 1. The molecule has 0 aliphatic carbocycles. The Hall–Kier alpha value is -1.43. The van der Waals surface area contributed by atoms with Crippen LogP contribution in [0.25, 0.3) is 0 Å². The van der Waals surface area contributed by atoms with Gasteiger partial charge in [0.15, 0.2) is 0 Å². The summed E-state index contributed by atoms with van der Waals surface area (Å²) in [6, 6.07) is 10.3. The van der Waals surface area contributed by atoms with Gasteiger partial charge in [0.1, 0.15) is 36.3 Å². The Morgan fingerprint density at radius 1 is 1.27 bits per heavy atom. The van der Waals surface area contributed by atoms with E-state index < -0.39 is 5.92 Å². The van der Waals surface area contributed by atoms with E-state index in [1.165, 1.54) is 19.4 Å². The lowest BCUT2D eigenvalue weighted by Gasteiger charge is -2.48. The number of unbranched alkanes of at least 4 members (excludes halogenated alkanes) is 1. The van der Waals surface area contributed by atoms with Gasteiger partial charge in [-0.05, 0) is 12.0 Å². The fourth-order valence-corrected chi connectivity index (χ4v) is 5.23. The van der Waals surface area contributed by atoms with Crippen molar-refractivity contribution in [3.05, 3.63) is 35.9 Å². The number of morpholine rings is 1. The van der Waals surface area contributed by atoms with Crippen molar-refractivity contribution in [2.24, 2.45) is 0 Å². The van der Waals surface area contributed by atoms with Gasteiger partial charge in [0, 0.05) is 12.8 Å². The highest BCUT2D eigenvalue weighted by molar-refractivity contribution is 5.78. The topological polar surface area (TPSA) is 59.1 Å². The Labute approximate surface area is 155 Å². The van der Waals surface area contributed by atoms with Crippen molar-refractivity contribution >= 4 is 5.97 Å². The van der Waals surface area contributed by atoms with Crippen LogP contribution in [0.2, 0.25) is 0 Å². The monoisotopic (exact) mass is 360 g/mol. The minimum atomic E-state index is -0.595. The molecular weight excluding hydrogens is 330 g/mol. The normalized spacial score (nSPS) is 38.5. The van der Waals surface area contributed by atoms with Crippen molar-refractivity contribution in [1.82, 2.24) is 0 Å². The number of hydrogen-bond donors (Lipinski definition) is 1. The van der Waals surface area contributed by atoms with Gasteiger partial charge in [-0.15, -0.1) is 0 Å². The summed E-state index contributed by atoms with van der Waals surface area (Å²) < 4.78 is 12.9. The summed E-state index contributed by atoms with van der Waals surface area (Å²) in [5.74, 6) is -0.898. The van der Waals surface area contributed by atoms with Crippen molar-refractivity contribution in [3.8, 4) is 0 Å². The summed E-state index contributed by atoms with van der Waals surface area (Å²) in [6.45, 7) is 3.20. The molecule has 0 saturated carbocycles. The molecule has 5 nitrogen and oxygen atoms in total. The van der Waals surface area contributed by atoms with E-state index in [0.29, 0.717) is 24.3 Å². The first-order chi connectivity index (χ1) is 12.6. The molecule has 1 N–H and O–H groups in total. The summed E-state index contributed by atoms with van der Waals surface area (Å²) in [7, 11) is 2.36. The van der Waals surface area contributed by atoms with Gasteiger partial charge in [-0.3, -0.25) is 4.79 Å². The zero-order chi connectivity index (χ0) is 18.3. The summed E-state index contributed by atoms with van der Waals surface area (Å²) in [5, 5.41) is 9.70. The maximum Gasteiger partial charge on any atom is 0.316 e. The first-order valence-electron chi connectivity index (χ1n) is 9.95. The molecule has 1 aromatic carbocycles. The highest BCUT2D eigenvalue weighted by Gasteiger charge is 2.71. The standard InChI is InChI=1S/C21H30NO4/c1-3-4-10-22(2)17-11-15(12-18(22)20-19(17)26-20)25-21(24)16(13-23)14-8-6-5-7-9-14/h5-9,15-20,23H,3-4,10-13H2,1-2H3/q+1/t15?,16?,17-,18+,19-,20+,22?. The van der Waals surface area contributed by atoms with Gasteiger partial charge in [-0.2, -0.15) is 0 Å². The number of epoxide rings is 1. The molecule has 3 fully saturated rings. The molecule has 4 rings (SSSR count). The zero-order valence-electron chi connectivity index (χ0n) is 15.7. The van der Waals surface area contributed by atoms with Crippen LogP contribution in [0.4, 0.5) is 0 Å². The maximum atomic E-state index is 12.7. The molecule has 7 atom stereocenters. The molecule has 1 aromatic rings. The van der Waals surface area contributed by atoms with Gasteiger partial charge >= 0.3 is 5.97 Å². The molecular formula is C21H30NO4+. The third-order valence-electron chi connectivity index (χ3n) is 6.79. The highest BCUT2D eigenvalue weighted by atomic mass is 16.6. The number of piperidine rings is 1. The van der Waals surface area contributed by atoms with Gasteiger partial charge < -0.3 is 19.1 Å². The number of benzene rings is 1. The SMILES string of the molecule is CCCC[N+]1(C)[C@@H]2CC(OC(=O)C(CO)c3ccccc3)C[C@H]1[C@@H]1O[C@@H]12. The van der Waals surface area contributed by atoms with Crippen LogP contribution in [0.5, 0.6) is 0 Å². The molecule has 3 aliphatic heterocycles. The van der Waals surface area contributed by atoms with Crippen LogP contribution in [0.3, 0.4) is 0 Å². The first kappa shape index (κ1) is 18.0. The molecule has 2 bridgehead atoms. The van der Waals surface area contributed by atoms with E-state index in [1.807, 2.05) is 30.3 Å². The number of carbonyl (C=O) groups is 1. The number of aliphatic hydroxyl groups is 1. The Morgan fingerprint density at radius 3 is 2.50 bits per heavy atom. The molecule has 5 heteroatoms. The van der Waals surface area contributed by atoms with Crippen LogP contribution in [0, 0.1) is 0 Å². The zero-order valence-corrected chi connectivity index (χ0v) is 15.7. The largest absolute Gasteiger partial charge is 0.461 e.